The van der Waals surface area contributed by atoms with E-state index in [1.807, 2.05) is 12.1 Å². The Morgan fingerprint density at radius 1 is 1.38 bits per heavy atom. The quantitative estimate of drug-likeness (QED) is 0.686. The van der Waals surface area contributed by atoms with Crippen LogP contribution in [0.25, 0.3) is 0 Å². The molecule has 0 saturated heterocycles. The molecular weight excluding hydrogens is 204 g/mol. The van der Waals surface area contributed by atoms with Crippen molar-refractivity contribution in [1.82, 2.24) is 4.98 Å². The van der Waals surface area contributed by atoms with Crippen molar-refractivity contribution in [2.45, 2.75) is 20.0 Å². The lowest BCUT2D eigenvalue weighted by Crippen LogP contribution is -2.02. The van der Waals surface area contributed by atoms with Crippen molar-refractivity contribution in [3.05, 3.63) is 24.0 Å². The maximum absolute atomic E-state index is 5.48. The summed E-state index contributed by atoms with van der Waals surface area (Å²) in [5, 5.41) is 3.24. The van der Waals surface area contributed by atoms with Crippen LogP contribution in [0, 0.1) is 0 Å². The van der Waals surface area contributed by atoms with Crippen LogP contribution in [0.5, 0.6) is 0 Å². The fourth-order valence-electron chi connectivity index (χ4n) is 1.35. The van der Waals surface area contributed by atoms with Gasteiger partial charge in [-0.3, -0.25) is 4.98 Å². The normalized spacial score (nSPS) is 10.4. The van der Waals surface area contributed by atoms with Gasteiger partial charge in [0.1, 0.15) is 0 Å². The van der Waals surface area contributed by atoms with E-state index >= 15 is 0 Å². The molecule has 1 aromatic rings. The van der Waals surface area contributed by atoms with Gasteiger partial charge in [-0.05, 0) is 25.5 Å². The van der Waals surface area contributed by atoms with Crippen molar-refractivity contribution in [2.24, 2.45) is 0 Å². The van der Waals surface area contributed by atoms with Crippen molar-refractivity contribution in [1.29, 1.82) is 0 Å². The highest BCUT2D eigenvalue weighted by atomic mass is 16.5. The Balaban J connectivity index is 2.27. The molecule has 0 aliphatic heterocycles. The van der Waals surface area contributed by atoms with Crippen molar-refractivity contribution < 1.29 is 9.47 Å². The SMILES string of the molecule is CCNc1ccnc(COCCCOC)c1. The highest BCUT2D eigenvalue weighted by molar-refractivity contribution is 5.42. The Kier molecular flexibility index (Phi) is 6.53. The van der Waals surface area contributed by atoms with E-state index in [9.17, 15) is 0 Å². The van der Waals surface area contributed by atoms with Crippen LogP contribution in [-0.2, 0) is 16.1 Å². The Labute approximate surface area is 97.0 Å². The standard InChI is InChI=1S/C12H20N2O2/c1-3-13-11-5-6-14-12(9-11)10-16-8-4-7-15-2/h5-6,9H,3-4,7-8,10H2,1-2H3,(H,13,14). The van der Waals surface area contributed by atoms with Crippen molar-refractivity contribution in [2.75, 3.05) is 32.2 Å². The number of hydrogen-bond acceptors (Lipinski definition) is 4. The molecule has 0 atom stereocenters. The summed E-state index contributed by atoms with van der Waals surface area (Å²) < 4.78 is 10.4. The van der Waals surface area contributed by atoms with Crippen LogP contribution in [0.2, 0.25) is 0 Å². The van der Waals surface area contributed by atoms with Crippen molar-refractivity contribution >= 4 is 5.69 Å². The summed E-state index contributed by atoms with van der Waals surface area (Å²) in [6.07, 6.45) is 2.72. The molecule has 0 aliphatic rings. The molecule has 0 amide bonds. The number of hydrogen-bond donors (Lipinski definition) is 1. The van der Waals surface area contributed by atoms with Gasteiger partial charge in [-0.25, -0.2) is 0 Å². The summed E-state index contributed by atoms with van der Waals surface area (Å²) in [6, 6.07) is 3.97. The minimum atomic E-state index is 0.558. The zero-order chi connectivity index (χ0) is 11.6. The van der Waals surface area contributed by atoms with Gasteiger partial charge in [-0.1, -0.05) is 0 Å². The molecule has 4 heteroatoms. The Morgan fingerprint density at radius 2 is 2.25 bits per heavy atom. The van der Waals surface area contributed by atoms with Crippen LogP contribution < -0.4 is 5.32 Å². The van der Waals surface area contributed by atoms with Gasteiger partial charge in [0.15, 0.2) is 0 Å². The zero-order valence-corrected chi connectivity index (χ0v) is 10.0. The van der Waals surface area contributed by atoms with Gasteiger partial charge in [-0.2, -0.15) is 0 Å². The van der Waals surface area contributed by atoms with E-state index in [-0.39, 0.29) is 0 Å². The molecule has 4 nitrogen and oxygen atoms in total. The van der Waals surface area contributed by atoms with Crippen LogP contribution in [-0.4, -0.2) is 31.9 Å². The van der Waals surface area contributed by atoms with Crippen molar-refractivity contribution in [3.8, 4) is 0 Å². The Hall–Kier alpha value is -1.13. The number of methoxy groups -OCH3 is 1. The topological polar surface area (TPSA) is 43.4 Å². The van der Waals surface area contributed by atoms with Crippen LogP contribution in [0.4, 0.5) is 5.69 Å². The van der Waals surface area contributed by atoms with Gasteiger partial charge in [0.25, 0.3) is 0 Å². The molecular formula is C12H20N2O2. The predicted molar refractivity (Wildman–Crippen MR) is 64.5 cm³/mol. The summed E-state index contributed by atoms with van der Waals surface area (Å²) in [5.74, 6) is 0. The third-order valence-electron chi connectivity index (χ3n) is 2.08. The van der Waals surface area contributed by atoms with Gasteiger partial charge in [0, 0.05) is 38.8 Å². The van der Waals surface area contributed by atoms with E-state index < -0.39 is 0 Å². The third-order valence-corrected chi connectivity index (χ3v) is 2.08. The smallest absolute Gasteiger partial charge is 0.0888 e. The summed E-state index contributed by atoms with van der Waals surface area (Å²) in [5.41, 5.74) is 2.05. The van der Waals surface area contributed by atoms with E-state index in [1.165, 1.54) is 0 Å². The van der Waals surface area contributed by atoms with Crippen molar-refractivity contribution in [3.63, 3.8) is 0 Å². The molecule has 0 spiro atoms. The minimum absolute atomic E-state index is 0.558. The van der Waals surface area contributed by atoms with Gasteiger partial charge in [-0.15, -0.1) is 0 Å². The summed E-state index contributed by atoms with van der Waals surface area (Å²) >= 11 is 0. The molecule has 1 aromatic heterocycles. The van der Waals surface area contributed by atoms with E-state index in [0.717, 1.165) is 31.0 Å². The minimum Gasteiger partial charge on any atom is -0.385 e. The van der Waals surface area contributed by atoms with Crippen LogP contribution >= 0.6 is 0 Å². The molecule has 0 saturated carbocycles. The largest absolute Gasteiger partial charge is 0.385 e. The monoisotopic (exact) mass is 224 g/mol. The lowest BCUT2D eigenvalue weighted by Gasteiger charge is -2.06. The lowest BCUT2D eigenvalue weighted by molar-refractivity contribution is 0.0911. The number of nitrogens with zero attached hydrogens (tertiary/aromatic N) is 1. The molecule has 1 rings (SSSR count). The second-order valence-corrected chi connectivity index (χ2v) is 3.47. The maximum atomic E-state index is 5.48. The van der Waals surface area contributed by atoms with Gasteiger partial charge in [0.05, 0.1) is 12.3 Å². The summed E-state index contributed by atoms with van der Waals surface area (Å²) in [7, 11) is 1.70. The first kappa shape index (κ1) is 12.9. The molecule has 1 N–H and O–H groups in total. The molecule has 0 fully saturated rings. The fraction of sp³-hybridized carbons (Fsp3) is 0.583. The second-order valence-electron chi connectivity index (χ2n) is 3.47. The number of pyridine rings is 1. The first-order chi connectivity index (χ1) is 7.86. The Bertz CT molecular complexity index is 292. The zero-order valence-electron chi connectivity index (χ0n) is 10.0. The lowest BCUT2D eigenvalue weighted by atomic mass is 10.3. The number of aromatic nitrogens is 1. The van der Waals surface area contributed by atoms with E-state index in [2.05, 4.69) is 17.2 Å². The van der Waals surface area contributed by atoms with Gasteiger partial charge < -0.3 is 14.8 Å². The number of nitrogens with one attached hydrogen (secondary N) is 1. The summed E-state index contributed by atoms with van der Waals surface area (Å²) in [6.45, 7) is 4.99. The molecule has 1 heterocycles. The van der Waals surface area contributed by atoms with Crippen LogP contribution in [0.1, 0.15) is 19.0 Å². The number of anilines is 1. The highest BCUT2D eigenvalue weighted by Crippen LogP contribution is 2.08. The highest BCUT2D eigenvalue weighted by Gasteiger charge is 1.97. The van der Waals surface area contributed by atoms with Crippen LogP contribution in [0.15, 0.2) is 18.3 Å². The van der Waals surface area contributed by atoms with Crippen LogP contribution in [0.3, 0.4) is 0 Å². The molecule has 0 radical (unpaired) electrons. The maximum Gasteiger partial charge on any atom is 0.0888 e. The van der Waals surface area contributed by atoms with E-state index in [1.54, 1.807) is 13.3 Å². The first-order valence-electron chi connectivity index (χ1n) is 5.62. The van der Waals surface area contributed by atoms with Gasteiger partial charge in [0.2, 0.25) is 0 Å². The average molecular weight is 224 g/mol. The summed E-state index contributed by atoms with van der Waals surface area (Å²) in [4.78, 5) is 4.24. The average Bonchev–Trinajstić information content (AvgIpc) is 2.30. The number of rotatable bonds is 8. The third kappa shape index (κ3) is 5.09. The molecule has 0 unspecified atom stereocenters. The molecule has 0 aromatic carbocycles. The van der Waals surface area contributed by atoms with E-state index in [4.69, 9.17) is 9.47 Å². The first-order valence-corrected chi connectivity index (χ1v) is 5.62. The second kappa shape index (κ2) is 8.07. The molecule has 0 aliphatic carbocycles. The predicted octanol–water partition coefficient (Wildman–Crippen LogP) is 2.07. The van der Waals surface area contributed by atoms with Gasteiger partial charge >= 0.3 is 0 Å². The Morgan fingerprint density at radius 3 is 3.00 bits per heavy atom. The molecule has 0 bridgehead atoms. The molecule has 90 valence electrons. The van der Waals surface area contributed by atoms with E-state index in [0.29, 0.717) is 13.2 Å². The molecule has 16 heavy (non-hydrogen) atoms. The number of ether oxygens (including phenoxy) is 2. The fourth-order valence-corrected chi connectivity index (χ4v) is 1.35.